The van der Waals surface area contributed by atoms with Crippen LogP contribution in [-0.2, 0) is 29.2 Å². The molecule has 148 valence electrons. The standard InChI is InChI=1S/C16H21N3O7S/c1-5-25-13(20)10-16(15(21)22)17-14(19(4)26-16)11-8-6-7-9-12(11)27(23,24)18(2)3/h6-9H,5,10H2,1-4H3,(H,21,22). The molecule has 0 aromatic heterocycles. The van der Waals surface area contributed by atoms with Crippen molar-refractivity contribution in [3.8, 4) is 0 Å². The summed E-state index contributed by atoms with van der Waals surface area (Å²) >= 11 is 0. The van der Waals surface area contributed by atoms with E-state index < -0.39 is 34.1 Å². The molecular formula is C16H21N3O7S. The highest BCUT2D eigenvalue weighted by molar-refractivity contribution is 7.89. The summed E-state index contributed by atoms with van der Waals surface area (Å²) in [6.07, 6.45) is -0.660. The average Bonchev–Trinajstić information content (AvgIpc) is 2.92. The van der Waals surface area contributed by atoms with Gasteiger partial charge < -0.3 is 9.84 Å². The SMILES string of the molecule is CCOC(=O)CC1(C(=O)O)N=C(c2ccccc2S(=O)(=O)N(C)C)N(C)O1. The monoisotopic (exact) mass is 399 g/mol. The highest BCUT2D eigenvalue weighted by Gasteiger charge is 2.50. The van der Waals surface area contributed by atoms with E-state index in [9.17, 15) is 23.1 Å². The Morgan fingerprint density at radius 1 is 1.33 bits per heavy atom. The van der Waals surface area contributed by atoms with Crippen LogP contribution in [0.3, 0.4) is 0 Å². The number of carbonyl (C=O) groups is 2. The van der Waals surface area contributed by atoms with Gasteiger partial charge in [-0.05, 0) is 19.1 Å². The quantitative estimate of drug-likeness (QED) is 0.649. The zero-order valence-electron chi connectivity index (χ0n) is 15.4. The molecule has 1 atom stereocenters. The molecule has 0 amide bonds. The zero-order chi connectivity index (χ0) is 20.4. The van der Waals surface area contributed by atoms with E-state index in [2.05, 4.69) is 4.99 Å². The number of carbonyl (C=O) groups excluding carboxylic acids is 1. The van der Waals surface area contributed by atoms with Crippen LogP contribution in [0.1, 0.15) is 18.9 Å². The normalized spacial score (nSPS) is 19.9. The topological polar surface area (TPSA) is 126 Å². The molecule has 1 aliphatic heterocycles. The fourth-order valence-corrected chi connectivity index (χ4v) is 3.56. The van der Waals surface area contributed by atoms with Gasteiger partial charge in [-0.15, -0.1) is 0 Å². The number of hydrogen-bond donors (Lipinski definition) is 1. The van der Waals surface area contributed by atoms with Gasteiger partial charge in [0.25, 0.3) is 5.72 Å². The number of aliphatic imine (C=N–C) groups is 1. The molecule has 0 fully saturated rings. The van der Waals surface area contributed by atoms with E-state index in [1.54, 1.807) is 19.1 Å². The number of benzene rings is 1. The molecule has 1 aliphatic rings. The first kappa shape index (κ1) is 20.8. The number of carboxylic acid groups (broad SMARTS) is 1. The van der Waals surface area contributed by atoms with Crippen molar-refractivity contribution in [2.75, 3.05) is 27.7 Å². The van der Waals surface area contributed by atoms with Gasteiger partial charge in [0.05, 0.1) is 11.5 Å². The second-order valence-corrected chi connectivity index (χ2v) is 8.00. The molecule has 0 radical (unpaired) electrons. The smallest absolute Gasteiger partial charge is 0.362 e. The molecule has 0 bridgehead atoms. The second kappa shape index (κ2) is 7.62. The summed E-state index contributed by atoms with van der Waals surface area (Å²) in [5.41, 5.74) is -2.08. The average molecular weight is 399 g/mol. The molecule has 11 heteroatoms. The predicted octanol–water partition coefficient (Wildman–Crippen LogP) is 0.295. The fourth-order valence-electron chi connectivity index (χ4n) is 2.48. The minimum Gasteiger partial charge on any atom is -0.478 e. The molecule has 2 rings (SSSR count). The van der Waals surface area contributed by atoms with E-state index in [4.69, 9.17) is 9.57 Å². The summed E-state index contributed by atoms with van der Waals surface area (Å²) in [7, 11) is 0.316. The van der Waals surface area contributed by atoms with Gasteiger partial charge in [-0.2, -0.15) is 0 Å². The number of hydrogen-bond acceptors (Lipinski definition) is 8. The van der Waals surface area contributed by atoms with Gasteiger partial charge >= 0.3 is 11.9 Å². The lowest BCUT2D eigenvalue weighted by molar-refractivity contribution is -0.203. The zero-order valence-corrected chi connectivity index (χ0v) is 16.2. The number of nitrogens with zero attached hydrogens (tertiary/aromatic N) is 3. The van der Waals surface area contributed by atoms with Crippen molar-refractivity contribution in [3.63, 3.8) is 0 Å². The highest BCUT2D eigenvalue weighted by atomic mass is 32.2. The molecular weight excluding hydrogens is 378 g/mol. The Kier molecular flexibility index (Phi) is 5.88. The number of amidine groups is 1. The first-order valence-electron chi connectivity index (χ1n) is 7.99. The lowest BCUT2D eigenvalue weighted by Crippen LogP contribution is -2.41. The Morgan fingerprint density at radius 3 is 2.52 bits per heavy atom. The van der Waals surface area contributed by atoms with Crippen molar-refractivity contribution in [1.82, 2.24) is 9.37 Å². The maximum atomic E-state index is 12.6. The van der Waals surface area contributed by atoms with Crippen molar-refractivity contribution < 1.29 is 32.7 Å². The Morgan fingerprint density at radius 2 is 1.96 bits per heavy atom. The molecule has 0 saturated heterocycles. The summed E-state index contributed by atoms with van der Waals surface area (Å²) in [6, 6.07) is 6.00. The molecule has 0 aliphatic carbocycles. The van der Waals surface area contributed by atoms with Gasteiger partial charge in [0.15, 0.2) is 5.84 Å². The summed E-state index contributed by atoms with van der Waals surface area (Å²) < 4.78 is 31.0. The van der Waals surface area contributed by atoms with Gasteiger partial charge in [0.1, 0.15) is 6.42 Å². The number of rotatable bonds is 7. The molecule has 0 saturated carbocycles. The van der Waals surface area contributed by atoms with Gasteiger partial charge in [-0.25, -0.2) is 32.4 Å². The summed E-state index contributed by atoms with van der Waals surface area (Å²) in [6.45, 7) is 1.66. The molecule has 10 nitrogen and oxygen atoms in total. The van der Waals surface area contributed by atoms with E-state index in [-0.39, 0.29) is 22.9 Å². The Labute approximate surface area is 157 Å². The van der Waals surface area contributed by atoms with E-state index >= 15 is 0 Å². The Bertz CT molecular complexity index is 882. The van der Waals surface area contributed by atoms with Crippen LogP contribution in [0.4, 0.5) is 0 Å². The lowest BCUT2D eigenvalue weighted by Gasteiger charge is -2.21. The summed E-state index contributed by atoms with van der Waals surface area (Å²) in [5, 5.41) is 10.6. The highest BCUT2D eigenvalue weighted by Crippen LogP contribution is 2.31. The molecule has 1 heterocycles. The van der Waals surface area contributed by atoms with Crippen molar-refractivity contribution in [2.45, 2.75) is 24.0 Å². The van der Waals surface area contributed by atoms with Gasteiger partial charge in [0.2, 0.25) is 10.0 Å². The van der Waals surface area contributed by atoms with E-state index in [1.807, 2.05) is 0 Å². The summed E-state index contributed by atoms with van der Waals surface area (Å²) in [4.78, 5) is 32.9. The molecule has 0 spiro atoms. The van der Waals surface area contributed by atoms with Crippen LogP contribution < -0.4 is 0 Å². The van der Waals surface area contributed by atoms with E-state index in [0.29, 0.717) is 0 Å². The third-order valence-electron chi connectivity index (χ3n) is 3.78. The van der Waals surface area contributed by atoms with Crippen LogP contribution in [0.5, 0.6) is 0 Å². The number of hydroxylamine groups is 2. The number of ether oxygens (including phenoxy) is 1. The first-order valence-corrected chi connectivity index (χ1v) is 9.43. The Balaban J connectivity index is 2.58. The number of sulfonamides is 1. The van der Waals surface area contributed by atoms with Crippen LogP contribution in [-0.4, -0.2) is 74.1 Å². The minimum atomic E-state index is -3.83. The molecule has 1 aromatic rings. The van der Waals surface area contributed by atoms with Gasteiger partial charge in [-0.1, -0.05) is 12.1 Å². The van der Waals surface area contributed by atoms with Crippen LogP contribution in [0, 0.1) is 0 Å². The van der Waals surface area contributed by atoms with E-state index in [0.717, 1.165) is 9.37 Å². The van der Waals surface area contributed by atoms with Gasteiger partial charge in [0, 0.05) is 26.7 Å². The third-order valence-corrected chi connectivity index (χ3v) is 5.66. The molecule has 1 unspecified atom stereocenters. The molecule has 1 N–H and O–H groups in total. The van der Waals surface area contributed by atoms with Crippen molar-refractivity contribution >= 4 is 27.8 Å². The van der Waals surface area contributed by atoms with Crippen LogP contribution >= 0.6 is 0 Å². The first-order chi connectivity index (χ1) is 12.5. The lowest BCUT2D eigenvalue weighted by atomic mass is 10.1. The van der Waals surface area contributed by atoms with E-state index in [1.165, 1.54) is 33.3 Å². The van der Waals surface area contributed by atoms with Crippen molar-refractivity contribution in [2.24, 2.45) is 4.99 Å². The largest absolute Gasteiger partial charge is 0.478 e. The van der Waals surface area contributed by atoms with Crippen LogP contribution in [0.15, 0.2) is 34.2 Å². The minimum absolute atomic E-state index is 0.0253. The predicted molar refractivity (Wildman–Crippen MR) is 94.3 cm³/mol. The maximum Gasteiger partial charge on any atom is 0.362 e. The van der Waals surface area contributed by atoms with Crippen molar-refractivity contribution in [3.05, 3.63) is 29.8 Å². The summed E-state index contributed by atoms with van der Waals surface area (Å²) in [5.74, 6) is -2.32. The number of carboxylic acids is 1. The third kappa shape index (κ3) is 3.94. The Hall–Kier alpha value is -2.50. The van der Waals surface area contributed by atoms with Gasteiger partial charge in [-0.3, -0.25) is 4.79 Å². The fraction of sp³-hybridized carbons (Fsp3) is 0.438. The van der Waals surface area contributed by atoms with Crippen LogP contribution in [0.2, 0.25) is 0 Å². The maximum absolute atomic E-state index is 12.6. The number of esters is 1. The van der Waals surface area contributed by atoms with Crippen molar-refractivity contribution in [1.29, 1.82) is 0 Å². The molecule has 27 heavy (non-hydrogen) atoms. The molecule has 1 aromatic carbocycles. The number of aliphatic carboxylic acids is 1. The van der Waals surface area contributed by atoms with Crippen LogP contribution in [0.25, 0.3) is 0 Å². The second-order valence-electron chi connectivity index (χ2n) is 5.88.